The first-order valence-electron chi connectivity index (χ1n) is 7.22. The predicted octanol–water partition coefficient (Wildman–Crippen LogP) is 3.86. The van der Waals surface area contributed by atoms with Crippen molar-refractivity contribution in [3.63, 3.8) is 0 Å². The van der Waals surface area contributed by atoms with Gasteiger partial charge in [-0.2, -0.15) is 0 Å². The maximum absolute atomic E-state index is 5.88. The first-order chi connectivity index (χ1) is 10.1. The molecule has 0 aromatic heterocycles. The minimum Gasteiger partial charge on any atom is -0.493 e. The minimum absolute atomic E-state index is 0.490. The third-order valence-corrected chi connectivity index (χ3v) is 3.50. The molecule has 0 saturated carbocycles. The monoisotopic (exact) mass is 285 g/mol. The molecule has 2 aromatic carbocycles. The highest BCUT2D eigenvalue weighted by molar-refractivity contribution is 5.43. The van der Waals surface area contributed by atoms with Crippen molar-refractivity contribution < 1.29 is 9.47 Å². The highest BCUT2D eigenvalue weighted by Crippen LogP contribution is 2.28. The molecule has 0 spiro atoms. The van der Waals surface area contributed by atoms with E-state index in [0.29, 0.717) is 19.1 Å². The summed E-state index contributed by atoms with van der Waals surface area (Å²) in [5.74, 6) is 2.00. The molecule has 3 nitrogen and oxygen atoms in total. The normalized spacial score (nSPS) is 10.7. The Labute approximate surface area is 126 Å². The predicted molar refractivity (Wildman–Crippen MR) is 85.7 cm³/mol. The standard InChI is InChI=1S/C18H23NO2/c1-13(2)16-7-4-14(5-8-16)12-21-18-10-15(11-19)6-9-17(18)20-3/h4-10,13H,11-12,19H2,1-3H3. The van der Waals surface area contributed by atoms with Crippen LogP contribution >= 0.6 is 0 Å². The van der Waals surface area contributed by atoms with Crippen LogP contribution in [-0.2, 0) is 13.2 Å². The summed E-state index contributed by atoms with van der Waals surface area (Å²) < 4.78 is 11.2. The highest BCUT2D eigenvalue weighted by Gasteiger charge is 2.06. The fraction of sp³-hybridized carbons (Fsp3) is 0.333. The zero-order chi connectivity index (χ0) is 15.2. The molecular formula is C18H23NO2. The molecule has 0 unspecified atom stereocenters. The van der Waals surface area contributed by atoms with E-state index >= 15 is 0 Å². The molecule has 0 saturated heterocycles. The lowest BCUT2D eigenvalue weighted by atomic mass is 10.0. The fourth-order valence-electron chi connectivity index (χ4n) is 2.12. The lowest BCUT2D eigenvalue weighted by molar-refractivity contribution is 0.284. The van der Waals surface area contributed by atoms with Crippen molar-refractivity contribution in [3.8, 4) is 11.5 Å². The summed E-state index contributed by atoms with van der Waals surface area (Å²) >= 11 is 0. The molecule has 3 heteroatoms. The van der Waals surface area contributed by atoms with Crippen LogP contribution in [0.25, 0.3) is 0 Å². The van der Waals surface area contributed by atoms with Crippen LogP contribution in [-0.4, -0.2) is 7.11 Å². The van der Waals surface area contributed by atoms with Gasteiger partial charge >= 0.3 is 0 Å². The topological polar surface area (TPSA) is 44.5 Å². The third kappa shape index (κ3) is 3.99. The fourth-order valence-corrected chi connectivity index (χ4v) is 2.12. The quantitative estimate of drug-likeness (QED) is 0.876. The van der Waals surface area contributed by atoms with Crippen LogP contribution in [0.4, 0.5) is 0 Å². The van der Waals surface area contributed by atoms with Gasteiger partial charge in [-0.3, -0.25) is 0 Å². The van der Waals surface area contributed by atoms with Gasteiger partial charge < -0.3 is 15.2 Å². The van der Waals surface area contributed by atoms with Crippen molar-refractivity contribution in [1.82, 2.24) is 0 Å². The van der Waals surface area contributed by atoms with E-state index in [1.165, 1.54) is 5.56 Å². The summed E-state index contributed by atoms with van der Waals surface area (Å²) in [5, 5.41) is 0. The Morgan fingerprint density at radius 3 is 2.19 bits per heavy atom. The molecule has 0 radical (unpaired) electrons. The van der Waals surface area contributed by atoms with Crippen LogP contribution in [0.1, 0.15) is 36.5 Å². The SMILES string of the molecule is COc1ccc(CN)cc1OCc1ccc(C(C)C)cc1. The maximum Gasteiger partial charge on any atom is 0.161 e. The van der Waals surface area contributed by atoms with E-state index in [9.17, 15) is 0 Å². The lowest BCUT2D eigenvalue weighted by Gasteiger charge is -2.12. The second kappa shape index (κ2) is 7.14. The summed E-state index contributed by atoms with van der Waals surface area (Å²) in [6.07, 6.45) is 0. The summed E-state index contributed by atoms with van der Waals surface area (Å²) in [6, 6.07) is 14.3. The van der Waals surface area contributed by atoms with E-state index < -0.39 is 0 Å². The van der Waals surface area contributed by atoms with E-state index in [-0.39, 0.29) is 0 Å². The van der Waals surface area contributed by atoms with Gasteiger partial charge in [0.25, 0.3) is 0 Å². The molecular weight excluding hydrogens is 262 g/mol. The van der Waals surface area contributed by atoms with E-state index in [4.69, 9.17) is 15.2 Å². The zero-order valence-corrected chi connectivity index (χ0v) is 12.9. The van der Waals surface area contributed by atoms with Crippen LogP contribution in [0, 0.1) is 0 Å². The molecule has 0 bridgehead atoms. The van der Waals surface area contributed by atoms with Crippen molar-refractivity contribution in [2.24, 2.45) is 5.73 Å². The second-order valence-electron chi connectivity index (χ2n) is 5.37. The minimum atomic E-state index is 0.490. The van der Waals surface area contributed by atoms with Crippen molar-refractivity contribution in [3.05, 3.63) is 59.2 Å². The van der Waals surface area contributed by atoms with E-state index in [1.807, 2.05) is 18.2 Å². The number of ether oxygens (including phenoxy) is 2. The van der Waals surface area contributed by atoms with Gasteiger partial charge in [0.05, 0.1) is 7.11 Å². The molecule has 0 aliphatic heterocycles. The van der Waals surface area contributed by atoms with Gasteiger partial charge in [-0.25, -0.2) is 0 Å². The highest BCUT2D eigenvalue weighted by atomic mass is 16.5. The molecule has 0 amide bonds. The lowest BCUT2D eigenvalue weighted by Crippen LogP contribution is -2.01. The van der Waals surface area contributed by atoms with Crippen molar-refractivity contribution >= 4 is 0 Å². The number of nitrogens with two attached hydrogens (primary N) is 1. The van der Waals surface area contributed by atoms with Gasteiger partial charge in [0.1, 0.15) is 6.61 Å². The molecule has 21 heavy (non-hydrogen) atoms. The maximum atomic E-state index is 5.88. The number of benzene rings is 2. The van der Waals surface area contributed by atoms with Gasteiger partial charge in [-0.05, 0) is 34.7 Å². The Kier molecular flexibility index (Phi) is 5.23. The molecule has 0 fully saturated rings. The van der Waals surface area contributed by atoms with E-state index in [2.05, 4.69) is 38.1 Å². The Morgan fingerprint density at radius 1 is 0.952 bits per heavy atom. The molecule has 2 aromatic rings. The van der Waals surface area contributed by atoms with Crippen molar-refractivity contribution in [2.45, 2.75) is 32.9 Å². The van der Waals surface area contributed by atoms with Gasteiger partial charge in [-0.15, -0.1) is 0 Å². The van der Waals surface area contributed by atoms with E-state index in [0.717, 1.165) is 22.6 Å². The number of hydrogen-bond acceptors (Lipinski definition) is 3. The summed E-state index contributed by atoms with van der Waals surface area (Å²) in [6.45, 7) is 5.38. The van der Waals surface area contributed by atoms with Crippen LogP contribution < -0.4 is 15.2 Å². The summed E-state index contributed by atoms with van der Waals surface area (Å²) in [4.78, 5) is 0. The van der Waals surface area contributed by atoms with Crippen LogP contribution in [0.3, 0.4) is 0 Å². The number of methoxy groups -OCH3 is 1. The van der Waals surface area contributed by atoms with Crippen LogP contribution in [0.15, 0.2) is 42.5 Å². The van der Waals surface area contributed by atoms with E-state index in [1.54, 1.807) is 7.11 Å². The Morgan fingerprint density at radius 2 is 1.62 bits per heavy atom. The van der Waals surface area contributed by atoms with Gasteiger partial charge in [-0.1, -0.05) is 44.2 Å². The first-order valence-corrected chi connectivity index (χ1v) is 7.22. The van der Waals surface area contributed by atoms with Crippen LogP contribution in [0.5, 0.6) is 11.5 Å². The molecule has 0 heterocycles. The Hall–Kier alpha value is -2.00. The third-order valence-electron chi connectivity index (χ3n) is 3.50. The van der Waals surface area contributed by atoms with Crippen LogP contribution in [0.2, 0.25) is 0 Å². The van der Waals surface area contributed by atoms with Gasteiger partial charge in [0, 0.05) is 6.54 Å². The molecule has 0 aliphatic rings. The summed E-state index contributed by atoms with van der Waals surface area (Å²) in [7, 11) is 1.64. The van der Waals surface area contributed by atoms with Crippen molar-refractivity contribution in [2.75, 3.05) is 7.11 Å². The molecule has 0 atom stereocenters. The number of rotatable bonds is 6. The second-order valence-corrected chi connectivity index (χ2v) is 5.37. The molecule has 2 rings (SSSR count). The largest absolute Gasteiger partial charge is 0.493 e. The smallest absolute Gasteiger partial charge is 0.161 e. The molecule has 0 aliphatic carbocycles. The first kappa shape index (κ1) is 15.4. The molecule has 2 N–H and O–H groups in total. The Bertz CT molecular complexity index is 576. The average Bonchev–Trinajstić information content (AvgIpc) is 2.52. The summed E-state index contributed by atoms with van der Waals surface area (Å²) in [5.41, 5.74) is 9.17. The van der Waals surface area contributed by atoms with Gasteiger partial charge in [0.15, 0.2) is 11.5 Å². The van der Waals surface area contributed by atoms with Gasteiger partial charge in [0.2, 0.25) is 0 Å². The zero-order valence-electron chi connectivity index (χ0n) is 12.9. The molecule has 112 valence electrons. The number of hydrogen-bond donors (Lipinski definition) is 1. The Balaban J connectivity index is 2.08. The average molecular weight is 285 g/mol. The van der Waals surface area contributed by atoms with Crippen molar-refractivity contribution in [1.29, 1.82) is 0 Å².